The number of pyridine rings is 1. The number of aliphatic imine (C=N–C) groups is 1. The number of aromatic carboxylic acids is 1. The van der Waals surface area contributed by atoms with Crippen molar-refractivity contribution in [3.8, 4) is 5.88 Å². The normalized spacial score (nSPS) is 21.8. The molecule has 0 aromatic carbocycles. The summed E-state index contributed by atoms with van der Waals surface area (Å²) in [4.78, 5) is 31.2. The van der Waals surface area contributed by atoms with E-state index in [2.05, 4.69) is 15.3 Å². The van der Waals surface area contributed by atoms with E-state index >= 15 is 0 Å². The topological polar surface area (TPSA) is 112 Å². The number of carbonyl (C=O) groups excluding carboxylic acids is 1. The molecule has 1 amide bonds. The lowest BCUT2D eigenvalue weighted by Gasteiger charge is -2.21. The average molecular weight is 277 g/mol. The van der Waals surface area contributed by atoms with Gasteiger partial charge in [-0.1, -0.05) is 13.8 Å². The van der Waals surface area contributed by atoms with Crippen LogP contribution in [-0.2, 0) is 4.79 Å². The molecular formula is C13H15N3O4. The van der Waals surface area contributed by atoms with Crippen molar-refractivity contribution in [2.24, 2.45) is 10.9 Å². The highest BCUT2D eigenvalue weighted by atomic mass is 16.4. The van der Waals surface area contributed by atoms with E-state index in [1.54, 1.807) is 6.92 Å². The Morgan fingerprint density at radius 3 is 2.55 bits per heavy atom. The molecule has 106 valence electrons. The Morgan fingerprint density at radius 1 is 1.40 bits per heavy atom. The van der Waals surface area contributed by atoms with Crippen molar-refractivity contribution in [1.29, 1.82) is 0 Å². The highest BCUT2D eigenvalue weighted by Gasteiger charge is 2.43. The SMILES string of the molecule is CC(C)C1(C)N=C(c2nc(O)ccc2C(=O)O)NC1=O. The van der Waals surface area contributed by atoms with Crippen molar-refractivity contribution < 1.29 is 19.8 Å². The quantitative estimate of drug-likeness (QED) is 0.755. The van der Waals surface area contributed by atoms with Crippen LogP contribution in [0.3, 0.4) is 0 Å². The molecule has 3 N–H and O–H groups in total. The molecule has 0 saturated heterocycles. The molecule has 1 aliphatic heterocycles. The fraction of sp³-hybridized carbons (Fsp3) is 0.385. The van der Waals surface area contributed by atoms with Crippen LogP contribution in [0, 0.1) is 5.92 Å². The van der Waals surface area contributed by atoms with Gasteiger partial charge in [0, 0.05) is 6.07 Å². The van der Waals surface area contributed by atoms with Crippen molar-refractivity contribution in [1.82, 2.24) is 10.3 Å². The number of carbonyl (C=O) groups is 2. The van der Waals surface area contributed by atoms with Gasteiger partial charge in [0.05, 0.1) is 5.56 Å². The van der Waals surface area contributed by atoms with E-state index in [0.29, 0.717) is 0 Å². The molecular weight excluding hydrogens is 262 g/mol. The van der Waals surface area contributed by atoms with Crippen LogP contribution >= 0.6 is 0 Å². The van der Waals surface area contributed by atoms with E-state index in [4.69, 9.17) is 5.11 Å². The minimum Gasteiger partial charge on any atom is -0.493 e. The summed E-state index contributed by atoms with van der Waals surface area (Å²) in [6.45, 7) is 5.36. The highest BCUT2D eigenvalue weighted by molar-refractivity contribution is 6.17. The van der Waals surface area contributed by atoms with Crippen LogP contribution < -0.4 is 5.32 Å². The number of amidine groups is 1. The third-order valence-corrected chi connectivity index (χ3v) is 3.50. The lowest BCUT2D eigenvalue weighted by atomic mass is 9.89. The van der Waals surface area contributed by atoms with Gasteiger partial charge in [-0.15, -0.1) is 0 Å². The van der Waals surface area contributed by atoms with Gasteiger partial charge in [0.2, 0.25) is 5.88 Å². The van der Waals surface area contributed by atoms with E-state index < -0.39 is 11.5 Å². The van der Waals surface area contributed by atoms with Crippen LogP contribution in [0.25, 0.3) is 0 Å². The zero-order chi connectivity index (χ0) is 15.1. The lowest BCUT2D eigenvalue weighted by Crippen LogP contribution is -2.41. The lowest BCUT2D eigenvalue weighted by molar-refractivity contribution is -0.124. The maximum atomic E-state index is 12.0. The Hall–Kier alpha value is -2.44. The highest BCUT2D eigenvalue weighted by Crippen LogP contribution is 2.27. The summed E-state index contributed by atoms with van der Waals surface area (Å²) in [6.07, 6.45) is 0. The second kappa shape index (κ2) is 4.59. The van der Waals surface area contributed by atoms with Gasteiger partial charge in [-0.2, -0.15) is 0 Å². The van der Waals surface area contributed by atoms with Crippen molar-refractivity contribution in [3.63, 3.8) is 0 Å². The molecule has 1 atom stereocenters. The van der Waals surface area contributed by atoms with Crippen molar-refractivity contribution in [2.75, 3.05) is 0 Å². The van der Waals surface area contributed by atoms with Crippen LogP contribution in [0.2, 0.25) is 0 Å². The second-order valence-electron chi connectivity index (χ2n) is 5.09. The molecule has 1 unspecified atom stereocenters. The van der Waals surface area contributed by atoms with Gasteiger partial charge in [0.1, 0.15) is 11.2 Å². The maximum absolute atomic E-state index is 12.0. The molecule has 0 saturated carbocycles. The molecule has 0 bridgehead atoms. The summed E-state index contributed by atoms with van der Waals surface area (Å²) in [5.74, 6) is -1.85. The number of carboxylic acid groups (broad SMARTS) is 1. The first-order valence-corrected chi connectivity index (χ1v) is 6.10. The number of carboxylic acids is 1. The van der Waals surface area contributed by atoms with Crippen LogP contribution in [-0.4, -0.2) is 38.4 Å². The van der Waals surface area contributed by atoms with Crippen LogP contribution in [0.1, 0.15) is 36.8 Å². The van der Waals surface area contributed by atoms with Gasteiger partial charge >= 0.3 is 5.97 Å². The molecule has 0 spiro atoms. The predicted molar refractivity (Wildman–Crippen MR) is 70.8 cm³/mol. The maximum Gasteiger partial charge on any atom is 0.338 e. The second-order valence-corrected chi connectivity index (χ2v) is 5.09. The number of rotatable bonds is 3. The molecule has 0 aliphatic carbocycles. The molecule has 7 heteroatoms. The van der Waals surface area contributed by atoms with Crippen molar-refractivity contribution >= 4 is 17.7 Å². The first-order chi connectivity index (χ1) is 9.25. The third kappa shape index (κ3) is 2.11. The van der Waals surface area contributed by atoms with Gasteiger partial charge in [-0.3, -0.25) is 4.79 Å². The zero-order valence-corrected chi connectivity index (χ0v) is 11.3. The fourth-order valence-electron chi connectivity index (χ4n) is 1.85. The summed E-state index contributed by atoms with van der Waals surface area (Å²) < 4.78 is 0. The Kier molecular flexibility index (Phi) is 3.21. The Balaban J connectivity index is 2.56. The Bertz CT molecular complexity index is 624. The number of nitrogens with zero attached hydrogens (tertiary/aromatic N) is 2. The molecule has 2 rings (SSSR count). The number of amides is 1. The van der Waals surface area contributed by atoms with E-state index in [0.717, 1.165) is 0 Å². The van der Waals surface area contributed by atoms with Crippen LogP contribution in [0.4, 0.5) is 0 Å². The molecule has 0 radical (unpaired) electrons. The third-order valence-electron chi connectivity index (χ3n) is 3.50. The number of aromatic nitrogens is 1. The average Bonchev–Trinajstić information content (AvgIpc) is 2.66. The van der Waals surface area contributed by atoms with Gasteiger partial charge in [0.25, 0.3) is 5.91 Å². The first-order valence-electron chi connectivity index (χ1n) is 6.10. The Labute approximate surface area is 115 Å². The summed E-state index contributed by atoms with van der Waals surface area (Å²) in [5, 5.41) is 21.1. The minimum absolute atomic E-state index is 0.0461. The van der Waals surface area contributed by atoms with E-state index in [1.807, 2.05) is 13.8 Å². The molecule has 20 heavy (non-hydrogen) atoms. The Morgan fingerprint density at radius 2 is 2.05 bits per heavy atom. The smallest absolute Gasteiger partial charge is 0.338 e. The molecule has 7 nitrogen and oxygen atoms in total. The summed E-state index contributed by atoms with van der Waals surface area (Å²) in [5.41, 5.74) is -1.15. The first kappa shape index (κ1) is 14.0. The zero-order valence-electron chi connectivity index (χ0n) is 11.3. The fourth-order valence-corrected chi connectivity index (χ4v) is 1.85. The van der Waals surface area contributed by atoms with Crippen molar-refractivity contribution in [2.45, 2.75) is 26.3 Å². The van der Waals surface area contributed by atoms with Gasteiger partial charge < -0.3 is 15.5 Å². The minimum atomic E-state index is -1.21. The molecule has 0 fully saturated rings. The summed E-state index contributed by atoms with van der Waals surface area (Å²) in [7, 11) is 0. The molecule has 1 aromatic rings. The monoisotopic (exact) mass is 277 g/mol. The van der Waals surface area contributed by atoms with E-state index in [1.165, 1.54) is 12.1 Å². The van der Waals surface area contributed by atoms with Gasteiger partial charge in [-0.05, 0) is 18.9 Å². The standard InChI is InChI=1S/C13H15N3O4/c1-6(2)13(3)12(20)15-10(16-13)9-7(11(18)19)4-5-8(17)14-9/h4-6H,1-3H3,(H,14,17)(H,18,19)(H,15,16,20). The summed E-state index contributed by atoms with van der Waals surface area (Å²) in [6, 6.07) is 2.39. The largest absolute Gasteiger partial charge is 0.493 e. The van der Waals surface area contributed by atoms with Crippen molar-refractivity contribution in [3.05, 3.63) is 23.4 Å². The number of hydrogen-bond acceptors (Lipinski definition) is 5. The van der Waals surface area contributed by atoms with E-state index in [-0.39, 0.29) is 34.8 Å². The number of hydrogen-bond donors (Lipinski definition) is 3. The summed E-state index contributed by atoms with van der Waals surface area (Å²) >= 11 is 0. The van der Waals surface area contributed by atoms with Gasteiger partial charge in [-0.25, -0.2) is 14.8 Å². The predicted octanol–water partition coefficient (Wildman–Crippen LogP) is 0.776. The molecule has 1 aromatic heterocycles. The van der Waals surface area contributed by atoms with Gasteiger partial charge in [0.15, 0.2) is 5.84 Å². The molecule has 1 aliphatic rings. The van der Waals surface area contributed by atoms with Crippen LogP contribution in [0.15, 0.2) is 17.1 Å². The molecule has 2 heterocycles. The van der Waals surface area contributed by atoms with Crippen LogP contribution in [0.5, 0.6) is 5.88 Å². The van der Waals surface area contributed by atoms with E-state index in [9.17, 15) is 14.7 Å². The number of aromatic hydroxyl groups is 1. The number of nitrogens with one attached hydrogen (secondary N) is 1.